The van der Waals surface area contributed by atoms with E-state index >= 15 is 0 Å². The minimum Gasteiger partial charge on any atom is -0.321 e. The quantitative estimate of drug-likeness (QED) is 0.758. The van der Waals surface area contributed by atoms with Crippen LogP contribution in [0.2, 0.25) is 5.02 Å². The number of rotatable bonds is 3. The van der Waals surface area contributed by atoms with Crippen LogP contribution < -0.4 is 5.32 Å². The summed E-state index contributed by atoms with van der Waals surface area (Å²) in [5, 5.41) is 10.3. The summed E-state index contributed by atoms with van der Waals surface area (Å²) in [4.78, 5) is 12.2. The summed E-state index contributed by atoms with van der Waals surface area (Å²) in [6.45, 7) is 1.97. The molecule has 0 radical (unpaired) electrons. The highest BCUT2D eigenvalue weighted by atomic mass is 35.5. The first-order valence-corrected chi connectivity index (χ1v) is 7.19. The fourth-order valence-corrected chi connectivity index (χ4v) is 2.40. The Labute approximate surface area is 133 Å². The van der Waals surface area contributed by atoms with Crippen LogP contribution in [-0.4, -0.2) is 16.1 Å². The molecule has 2 N–H and O–H groups in total. The molecule has 1 heterocycles. The van der Waals surface area contributed by atoms with Crippen LogP contribution >= 0.6 is 11.6 Å². The third-order valence-corrected chi connectivity index (χ3v) is 3.58. The van der Waals surface area contributed by atoms with Gasteiger partial charge < -0.3 is 5.32 Å². The van der Waals surface area contributed by atoms with Crippen molar-refractivity contribution in [1.82, 2.24) is 10.2 Å². The molecule has 0 aliphatic heterocycles. The van der Waals surface area contributed by atoms with Crippen molar-refractivity contribution in [3.8, 4) is 11.3 Å². The molecular weight excluding hydrogens is 298 g/mol. The average Bonchev–Trinajstić information content (AvgIpc) is 2.97. The molecular formula is C17H14ClN3O. The second-order valence-electron chi connectivity index (χ2n) is 4.97. The second kappa shape index (κ2) is 6.03. The van der Waals surface area contributed by atoms with E-state index in [-0.39, 0.29) is 5.91 Å². The number of nitrogens with one attached hydrogen (secondary N) is 2. The van der Waals surface area contributed by atoms with Crippen LogP contribution in [0.25, 0.3) is 11.3 Å². The number of carbonyl (C=O) groups excluding carboxylic acids is 1. The third-order valence-electron chi connectivity index (χ3n) is 3.25. The predicted molar refractivity (Wildman–Crippen MR) is 88.2 cm³/mol. The van der Waals surface area contributed by atoms with Gasteiger partial charge in [0.05, 0.1) is 10.7 Å². The Morgan fingerprint density at radius 3 is 2.73 bits per heavy atom. The van der Waals surface area contributed by atoms with E-state index < -0.39 is 0 Å². The molecule has 0 saturated heterocycles. The molecule has 5 heteroatoms. The fraction of sp³-hybridized carbons (Fsp3) is 0.0588. The summed E-state index contributed by atoms with van der Waals surface area (Å²) in [6.07, 6.45) is 0. The normalized spacial score (nSPS) is 10.5. The summed E-state index contributed by atoms with van der Waals surface area (Å²) in [6, 6.07) is 16.7. The molecule has 3 rings (SSSR count). The number of aromatic nitrogens is 2. The number of hydrogen-bond acceptors (Lipinski definition) is 2. The van der Waals surface area contributed by atoms with Gasteiger partial charge in [-0.1, -0.05) is 41.9 Å². The zero-order valence-corrected chi connectivity index (χ0v) is 12.7. The van der Waals surface area contributed by atoms with E-state index in [1.807, 2.05) is 49.4 Å². The Balaban J connectivity index is 1.82. The Bertz CT molecular complexity index is 826. The van der Waals surface area contributed by atoms with E-state index in [1.165, 1.54) is 0 Å². The highest BCUT2D eigenvalue weighted by Crippen LogP contribution is 2.26. The lowest BCUT2D eigenvalue weighted by Gasteiger charge is -2.03. The second-order valence-corrected chi connectivity index (χ2v) is 5.38. The summed E-state index contributed by atoms with van der Waals surface area (Å²) >= 11 is 6.14. The number of halogens is 1. The maximum Gasteiger partial charge on any atom is 0.273 e. The first-order chi connectivity index (χ1) is 10.6. The Morgan fingerprint density at radius 1 is 1.14 bits per heavy atom. The van der Waals surface area contributed by atoms with Gasteiger partial charge >= 0.3 is 0 Å². The van der Waals surface area contributed by atoms with Crippen LogP contribution in [0, 0.1) is 6.92 Å². The van der Waals surface area contributed by atoms with E-state index in [0.29, 0.717) is 16.4 Å². The van der Waals surface area contributed by atoms with Gasteiger partial charge in [-0.2, -0.15) is 5.10 Å². The summed E-state index contributed by atoms with van der Waals surface area (Å²) in [5.41, 5.74) is 3.64. The summed E-state index contributed by atoms with van der Waals surface area (Å²) in [5.74, 6) is -0.239. The van der Waals surface area contributed by atoms with Crippen molar-refractivity contribution in [2.24, 2.45) is 0 Å². The number of anilines is 1. The summed E-state index contributed by atoms with van der Waals surface area (Å²) in [7, 11) is 0. The van der Waals surface area contributed by atoms with Gasteiger partial charge in [0, 0.05) is 11.3 Å². The molecule has 0 unspecified atom stereocenters. The van der Waals surface area contributed by atoms with Crippen LogP contribution in [0.1, 0.15) is 16.1 Å². The molecule has 2 aromatic carbocycles. The number of amides is 1. The molecule has 0 bridgehead atoms. The van der Waals surface area contributed by atoms with Gasteiger partial charge in [-0.15, -0.1) is 0 Å². The zero-order chi connectivity index (χ0) is 15.5. The van der Waals surface area contributed by atoms with Gasteiger partial charge in [0.25, 0.3) is 5.91 Å². The molecule has 0 saturated carbocycles. The maximum absolute atomic E-state index is 12.2. The molecule has 0 fully saturated rings. The SMILES string of the molecule is Cc1cccc(NC(=O)c2cc(-c3ccccc3Cl)n[nH]2)c1. The van der Waals surface area contributed by atoms with Gasteiger partial charge in [0.2, 0.25) is 0 Å². The number of H-pyrrole nitrogens is 1. The van der Waals surface area contributed by atoms with Crippen LogP contribution in [0.5, 0.6) is 0 Å². The standard InChI is InChI=1S/C17H14ClN3O/c1-11-5-4-6-12(9-11)19-17(22)16-10-15(20-21-16)13-7-2-3-8-14(13)18/h2-10H,1H3,(H,19,22)(H,20,21). The van der Waals surface area contributed by atoms with Crippen LogP contribution in [0.4, 0.5) is 5.69 Å². The molecule has 0 aliphatic carbocycles. The number of aryl methyl sites for hydroxylation is 1. The predicted octanol–water partition coefficient (Wildman–Crippen LogP) is 4.29. The topological polar surface area (TPSA) is 57.8 Å². The Morgan fingerprint density at radius 2 is 1.95 bits per heavy atom. The van der Waals surface area contributed by atoms with E-state index in [4.69, 9.17) is 11.6 Å². The monoisotopic (exact) mass is 311 g/mol. The van der Waals surface area contributed by atoms with Crippen LogP contribution in [-0.2, 0) is 0 Å². The molecule has 110 valence electrons. The van der Waals surface area contributed by atoms with E-state index in [2.05, 4.69) is 15.5 Å². The molecule has 1 aromatic heterocycles. The van der Waals surface area contributed by atoms with Crippen LogP contribution in [0.3, 0.4) is 0 Å². The minimum absolute atomic E-state index is 0.239. The first kappa shape index (κ1) is 14.4. The van der Waals surface area contributed by atoms with Gasteiger partial charge in [-0.3, -0.25) is 9.89 Å². The number of hydrogen-bond donors (Lipinski definition) is 2. The molecule has 4 nitrogen and oxygen atoms in total. The largest absolute Gasteiger partial charge is 0.321 e. The third kappa shape index (κ3) is 3.02. The molecule has 0 spiro atoms. The molecule has 22 heavy (non-hydrogen) atoms. The number of nitrogens with zero attached hydrogens (tertiary/aromatic N) is 1. The van der Waals surface area contributed by atoms with Crippen molar-refractivity contribution in [2.45, 2.75) is 6.92 Å². The number of aromatic amines is 1. The van der Waals surface area contributed by atoms with Crippen molar-refractivity contribution in [2.75, 3.05) is 5.32 Å². The van der Waals surface area contributed by atoms with Crippen molar-refractivity contribution >= 4 is 23.2 Å². The molecule has 0 atom stereocenters. The first-order valence-electron chi connectivity index (χ1n) is 6.82. The highest BCUT2D eigenvalue weighted by Gasteiger charge is 2.12. The van der Waals surface area contributed by atoms with E-state index in [9.17, 15) is 4.79 Å². The smallest absolute Gasteiger partial charge is 0.273 e. The Hall–Kier alpha value is -2.59. The summed E-state index contributed by atoms with van der Waals surface area (Å²) < 4.78 is 0. The molecule has 0 aliphatic rings. The van der Waals surface area contributed by atoms with E-state index in [1.54, 1.807) is 12.1 Å². The fourth-order valence-electron chi connectivity index (χ4n) is 2.17. The lowest BCUT2D eigenvalue weighted by Crippen LogP contribution is -2.12. The van der Waals surface area contributed by atoms with Gasteiger partial charge in [0.1, 0.15) is 5.69 Å². The van der Waals surface area contributed by atoms with Crippen LogP contribution in [0.15, 0.2) is 54.6 Å². The number of benzene rings is 2. The van der Waals surface area contributed by atoms with Gasteiger partial charge in [-0.05, 0) is 36.8 Å². The van der Waals surface area contributed by atoms with E-state index in [0.717, 1.165) is 16.8 Å². The lowest BCUT2D eigenvalue weighted by molar-refractivity contribution is 0.102. The average molecular weight is 312 g/mol. The van der Waals surface area contributed by atoms with Crippen molar-refractivity contribution in [1.29, 1.82) is 0 Å². The molecule has 3 aromatic rings. The zero-order valence-electron chi connectivity index (χ0n) is 11.9. The highest BCUT2D eigenvalue weighted by molar-refractivity contribution is 6.33. The molecule has 1 amide bonds. The van der Waals surface area contributed by atoms with Gasteiger partial charge in [0.15, 0.2) is 0 Å². The minimum atomic E-state index is -0.239. The Kier molecular flexibility index (Phi) is 3.94. The number of carbonyl (C=O) groups is 1. The maximum atomic E-state index is 12.2. The lowest BCUT2D eigenvalue weighted by atomic mass is 10.1. The van der Waals surface area contributed by atoms with Crippen molar-refractivity contribution < 1.29 is 4.79 Å². The van der Waals surface area contributed by atoms with Crippen molar-refractivity contribution in [3.63, 3.8) is 0 Å². The van der Waals surface area contributed by atoms with Crippen molar-refractivity contribution in [3.05, 3.63) is 70.9 Å². The van der Waals surface area contributed by atoms with Gasteiger partial charge in [-0.25, -0.2) is 0 Å².